The van der Waals surface area contributed by atoms with Crippen molar-refractivity contribution in [1.82, 2.24) is 10.2 Å². The van der Waals surface area contributed by atoms with Gasteiger partial charge in [-0.2, -0.15) is 0 Å². The monoisotopic (exact) mass is 330 g/mol. The first-order chi connectivity index (χ1) is 11.5. The summed E-state index contributed by atoms with van der Waals surface area (Å²) in [5.74, 6) is 0.277. The highest BCUT2D eigenvalue weighted by molar-refractivity contribution is 5.95. The van der Waals surface area contributed by atoms with Crippen molar-refractivity contribution in [1.29, 1.82) is 0 Å². The Morgan fingerprint density at radius 1 is 1.25 bits per heavy atom. The quantitative estimate of drug-likeness (QED) is 0.840. The summed E-state index contributed by atoms with van der Waals surface area (Å²) in [5.41, 5.74) is 1.76. The minimum absolute atomic E-state index is 0.0953. The van der Waals surface area contributed by atoms with E-state index in [0.29, 0.717) is 17.4 Å². The van der Waals surface area contributed by atoms with Crippen LogP contribution in [0.25, 0.3) is 0 Å². The summed E-state index contributed by atoms with van der Waals surface area (Å²) in [6.45, 7) is 0.792. The van der Waals surface area contributed by atoms with Crippen LogP contribution in [0.4, 0.5) is 0 Å². The van der Waals surface area contributed by atoms with E-state index in [1.807, 2.05) is 38.4 Å². The molecule has 130 valence electrons. The summed E-state index contributed by atoms with van der Waals surface area (Å²) in [4.78, 5) is 26.9. The van der Waals surface area contributed by atoms with E-state index in [-0.39, 0.29) is 23.8 Å². The maximum absolute atomic E-state index is 12.7. The second-order valence-electron chi connectivity index (χ2n) is 7.32. The highest BCUT2D eigenvalue weighted by Gasteiger charge is 2.52. The molecule has 2 saturated carbocycles. The third-order valence-electron chi connectivity index (χ3n) is 5.38. The Bertz CT molecular complexity index is 629. The van der Waals surface area contributed by atoms with Crippen LogP contribution < -0.4 is 5.32 Å². The molecule has 5 heteroatoms. The van der Waals surface area contributed by atoms with Gasteiger partial charge in [-0.3, -0.25) is 9.59 Å². The number of methoxy groups -OCH3 is 1. The molecule has 0 aliphatic heterocycles. The number of fused-ring (bicyclic) bond motifs is 2. The first kappa shape index (κ1) is 17.0. The molecule has 24 heavy (non-hydrogen) atoms. The third-order valence-corrected chi connectivity index (χ3v) is 5.38. The van der Waals surface area contributed by atoms with Gasteiger partial charge < -0.3 is 15.0 Å². The minimum Gasteiger partial charge on any atom is -0.469 e. The zero-order valence-corrected chi connectivity index (χ0v) is 14.6. The van der Waals surface area contributed by atoms with E-state index in [1.165, 1.54) is 7.11 Å². The number of hydrogen-bond acceptors (Lipinski definition) is 4. The van der Waals surface area contributed by atoms with Crippen LogP contribution in [0.5, 0.6) is 0 Å². The second kappa shape index (κ2) is 6.93. The summed E-state index contributed by atoms with van der Waals surface area (Å²) in [6, 6.07) is 7.59. The number of esters is 1. The lowest BCUT2D eigenvalue weighted by Gasteiger charge is -2.29. The van der Waals surface area contributed by atoms with Gasteiger partial charge in [-0.1, -0.05) is 12.1 Å². The molecule has 2 aliphatic rings. The predicted octanol–water partition coefficient (Wildman–Crippen LogP) is 2.07. The van der Waals surface area contributed by atoms with Crippen molar-refractivity contribution in [2.75, 3.05) is 21.2 Å². The molecule has 2 aliphatic carbocycles. The molecule has 1 amide bonds. The highest BCUT2D eigenvalue weighted by atomic mass is 16.5. The largest absolute Gasteiger partial charge is 0.469 e. The van der Waals surface area contributed by atoms with Gasteiger partial charge in [0.2, 0.25) is 0 Å². The number of benzene rings is 1. The van der Waals surface area contributed by atoms with Crippen molar-refractivity contribution in [2.45, 2.75) is 31.8 Å². The number of ether oxygens (including phenoxy) is 1. The SMILES string of the molecule is COC(=O)[C@@H]1[C@H]2CC[C@@H](C2)[C@H]1NC(=O)c1cccc(CN(C)C)c1. The molecule has 3 rings (SSSR count). The molecule has 0 unspecified atom stereocenters. The Labute approximate surface area is 143 Å². The fraction of sp³-hybridized carbons (Fsp3) is 0.579. The third kappa shape index (κ3) is 3.31. The molecule has 4 atom stereocenters. The average molecular weight is 330 g/mol. The molecule has 1 N–H and O–H groups in total. The number of carbonyl (C=O) groups excluding carboxylic acids is 2. The molecule has 0 heterocycles. The van der Waals surface area contributed by atoms with Crippen LogP contribution in [0.2, 0.25) is 0 Å². The summed E-state index contributed by atoms with van der Waals surface area (Å²) < 4.78 is 4.97. The van der Waals surface area contributed by atoms with Gasteiger partial charge in [0, 0.05) is 18.2 Å². The molecule has 0 radical (unpaired) electrons. The number of rotatable bonds is 5. The fourth-order valence-corrected chi connectivity index (χ4v) is 4.39. The smallest absolute Gasteiger partial charge is 0.311 e. The molecule has 2 bridgehead atoms. The summed E-state index contributed by atoms with van der Waals surface area (Å²) >= 11 is 0. The van der Waals surface area contributed by atoms with Gasteiger partial charge in [0.25, 0.3) is 5.91 Å². The van der Waals surface area contributed by atoms with Gasteiger partial charge in [-0.25, -0.2) is 0 Å². The average Bonchev–Trinajstić information content (AvgIpc) is 3.15. The van der Waals surface area contributed by atoms with Crippen molar-refractivity contribution in [3.63, 3.8) is 0 Å². The first-order valence-electron chi connectivity index (χ1n) is 8.62. The Morgan fingerprint density at radius 2 is 2.00 bits per heavy atom. The molecule has 1 aromatic carbocycles. The standard InChI is InChI=1S/C19H26N2O3/c1-21(2)11-12-5-4-6-15(9-12)18(22)20-17-14-8-7-13(10-14)16(17)19(23)24-3/h4-6,9,13-14,16-17H,7-8,10-11H2,1-3H3,(H,20,22)/t13-,14-,16+,17+/m0/s1. The number of hydrogen-bond donors (Lipinski definition) is 1. The van der Waals surface area contributed by atoms with Gasteiger partial charge >= 0.3 is 5.97 Å². The van der Waals surface area contributed by atoms with Crippen LogP contribution in [0.3, 0.4) is 0 Å². The number of nitrogens with zero attached hydrogens (tertiary/aromatic N) is 1. The van der Waals surface area contributed by atoms with Crippen LogP contribution >= 0.6 is 0 Å². The Morgan fingerprint density at radius 3 is 2.71 bits per heavy atom. The van der Waals surface area contributed by atoms with E-state index >= 15 is 0 Å². The van der Waals surface area contributed by atoms with E-state index < -0.39 is 0 Å². The lowest BCUT2D eigenvalue weighted by molar-refractivity contribution is -0.148. The van der Waals surface area contributed by atoms with Crippen LogP contribution in [0.1, 0.15) is 35.2 Å². The van der Waals surface area contributed by atoms with Crippen LogP contribution in [-0.2, 0) is 16.1 Å². The molecule has 0 aromatic heterocycles. The lowest BCUT2D eigenvalue weighted by Crippen LogP contribution is -2.47. The van der Waals surface area contributed by atoms with Crippen LogP contribution in [0.15, 0.2) is 24.3 Å². The van der Waals surface area contributed by atoms with E-state index in [2.05, 4.69) is 10.2 Å². The number of amides is 1. The molecule has 2 fully saturated rings. The number of carbonyl (C=O) groups is 2. The first-order valence-corrected chi connectivity index (χ1v) is 8.62. The zero-order valence-electron chi connectivity index (χ0n) is 14.6. The lowest BCUT2D eigenvalue weighted by atomic mass is 9.84. The van der Waals surface area contributed by atoms with Gasteiger partial charge in [0.15, 0.2) is 0 Å². The topological polar surface area (TPSA) is 58.6 Å². The Balaban J connectivity index is 1.73. The zero-order chi connectivity index (χ0) is 17.3. The fourth-order valence-electron chi connectivity index (χ4n) is 4.39. The Kier molecular flexibility index (Phi) is 4.90. The van der Waals surface area contributed by atoms with Crippen LogP contribution in [0, 0.1) is 17.8 Å². The molecule has 5 nitrogen and oxygen atoms in total. The Hall–Kier alpha value is -1.88. The van der Waals surface area contributed by atoms with Gasteiger partial charge in [-0.05, 0) is 62.9 Å². The number of nitrogens with one attached hydrogen (secondary N) is 1. The maximum atomic E-state index is 12.7. The second-order valence-corrected chi connectivity index (χ2v) is 7.32. The predicted molar refractivity (Wildman–Crippen MR) is 91.4 cm³/mol. The molecule has 0 spiro atoms. The van der Waals surface area contributed by atoms with Crippen molar-refractivity contribution >= 4 is 11.9 Å². The van der Waals surface area contributed by atoms with Gasteiger partial charge in [0.05, 0.1) is 13.0 Å². The molecule has 0 saturated heterocycles. The van der Waals surface area contributed by atoms with E-state index in [0.717, 1.165) is 31.4 Å². The maximum Gasteiger partial charge on any atom is 0.311 e. The minimum atomic E-state index is -0.192. The molecule has 1 aromatic rings. The van der Waals surface area contributed by atoms with E-state index in [9.17, 15) is 9.59 Å². The molecular weight excluding hydrogens is 304 g/mol. The van der Waals surface area contributed by atoms with Crippen LogP contribution in [-0.4, -0.2) is 44.0 Å². The highest BCUT2D eigenvalue weighted by Crippen LogP contribution is 2.49. The summed E-state index contributed by atoms with van der Waals surface area (Å²) in [5, 5.41) is 3.12. The summed E-state index contributed by atoms with van der Waals surface area (Å²) in [6.07, 6.45) is 3.17. The van der Waals surface area contributed by atoms with Crippen molar-refractivity contribution in [2.24, 2.45) is 17.8 Å². The van der Waals surface area contributed by atoms with Gasteiger partial charge in [0.1, 0.15) is 0 Å². The normalized spacial score (nSPS) is 28.2. The molecular formula is C19H26N2O3. The van der Waals surface area contributed by atoms with Crippen molar-refractivity contribution < 1.29 is 14.3 Å². The van der Waals surface area contributed by atoms with Crippen molar-refractivity contribution in [3.8, 4) is 0 Å². The van der Waals surface area contributed by atoms with Gasteiger partial charge in [-0.15, -0.1) is 0 Å². The van der Waals surface area contributed by atoms with E-state index in [4.69, 9.17) is 4.74 Å². The summed E-state index contributed by atoms with van der Waals surface area (Å²) in [7, 11) is 5.43. The van der Waals surface area contributed by atoms with Crippen molar-refractivity contribution in [3.05, 3.63) is 35.4 Å². The van der Waals surface area contributed by atoms with E-state index in [1.54, 1.807) is 0 Å².